The second-order valence-corrected chi connectivity index (χ2v) is 6.50. The standard InChI is InChI=1S/C20H23N3O3.ClH/c1-13-3-6-15(21)11-17(13)19(24)22-18-9-10-23(20(18)25)12-14-4-7-16(26-2)8-5-14;/h3-8,11,18H,9-10,12,21H2,1-2H3,(H,22,24);1H. The average molecular weight is 390 g/mol. The number of aryl methyl sites for hydroxylation is 1. The second-order valence-electron chi connectivity index (χ2n) is 6.50. The van der Waals surface area contributed by atoms with Crippen LogP contribution in [0.1, 0.15) is 27.9 Å². The van der Waals surface area contributed by atoms with Crippen molar-refractivity contribution in [2.24, 2.45) is 0 Å². The van der Waals surface area contributed by atoms with Crippen LogP contribution in [0.25, 0.3) is 0 Å². The lowest BCUT2D eigenvalue weighted by Gasteiger charge is -2.18. The number of nitrogens with one attached hydrogen (secondary N) is 1. The summed E-state index contributed by atoms with van der Waals surface area (Å²) in [5, 5.41) is 2.84. The Hall–Kier alpha value is -2.73. The molecule has 1 atom stereocenters. The largest absolute Gasteiger partial charge is 0.497 e. The molecule has 2 aromatic rings. The van der Waals surface area contributed by atoms with Gasteiger partial charge < -0.3 is 20.7 Å². The first-order valence-corrected chi connectivity index (χ1v) is 8.56. The zero-order chi connectivity index (χ0) is 18.7. The second kappa shape index (κ2) is 8.77. The number of carbonyl (C=O) groups is 2. The van der Waals surface area contributed by atoms with Crippen molar-refractivity contribution in [1.29, 1.82) is 0 Å². The third-order valence-electron chi connectivity index (χ3n) is 4.64. The Bertz CT molecular complexity index is 824. The molecule has 0 spiro atoms. The lowest BCUT2D eigenvalue weighted by atomic mass is 10.1. The summed E-state index contributed by atoms with van der Waals surface area (Å²) in [5.74, 6) is 0.458. The van der Waals surface area contributed by atoms with E-state index in [1.165, 1.54) is 0 Å². The van der Waals surface area contributed by atoms with E-state index < -0.39 is 6.04 Å². The van der Waals surface area contributed by atoms with E-state index in [1.54, 1.807) is 30.2 Å². The third-order valence-corrected chi connectivity index (χ3v) is 4.64. The van der Waals surface area contributed by atoms with Crippen LogP contribution >= 0.6 is 12.4 Å². The lowest BCUT2D eigenvalue weighted by molar-refractivity contribution is -0.129. The minimum Gasteiger partial charge on any atom is -0.497 e. The van der Waals surface area contributed by atoms with Crippen molar-refractivity contribution in [2.75, 3.05) is 19.4 Å². The van der Waals surface area contributed by atoms with Gasteiger partial charge in [-0.25, -0.2) is 0 Å². The monoisotopic (exact) mass is 389 g/mol. The van der Waals surface area contributed by atoms with E-state index in [2.05, 4.69) is 5.32 Å². The van der Waals surface area contributed by atoms with Gasteiger partial charge in [-0.15, -0.1) is 12.4 Å². The molecule has 6 nitrogen and oxygen atoms in total. The van der Waals surface area contributed by atoms with Crippen LogP contribution in [0.2, 0.25) is 0 Å². The molecule has 1 aliphatic rings. The number of rotatable bonds is 5. The van der Waals surface area contributed by atoms with Crippen LogP contribution in [0, 0.1) is 6.92 Å². The molecule has 1 aliphatic heterocycles. The number of anilines is 1. The van der Waals surface area contributed by atoms with Crippen LogP contribution in [0.5, 0.6) is 5.75 Å². The number of amides is 2. The number of nitrogens with zero attached hydrogens (tertiary/aromatic N) is 1. The highest BCUT2D eigenvalue weighted by molar-refractivity contribution is 5.99. The molecule has 1 unspecified atom stereocenters. The first kappa shape index (κ1) is 20.6. The molecule has 3 N–H and O–H groups in total. The minimum atomic E-state index is -0.499. The molecule has 0 aromatic heterocycles. The van der Waals surface area contributed by atoms with E-state index in [0.29, 0.717) is 30.8 Å². The van der Waals surface area contributed by atoms with Crippen LogP contribution < -0.4 is 15.8 Å². The number of nitrogen functional groups attached to an aromatic ring is 1. The summed E-state index contributed by atoms with van der Waals surface area (Å²) in [4.78, 5) is 26.9. The summed E-state index contributed by atoms with van der Waals surface area (Å²) in [7, 11) is 1.62. The number of benzene rings is 2. The van der Waals surface area contributed by atoms with E-state index in [1.807, 2.05) is 31.2 Å². The molecule has 27 heavy (non-hydrogen) atoms. The summed E-state index contributed by atoms with van der Waals surface area (Å²) in [6.07, 6.45) is 0.599. The molecule has 144 valence electrons. The van der Waals surface area contributed by atoms with Crippen molar-refractivity contribution in [1.82, 2.24) is 10.2 Å². The molecule has 1 heterocycles. The van der Waals surface area contributed by atoms with Crippen molar-refractivity contribution < 1.29 is 14.3 Å². The van der Waals surface area contributed by atoms with Gasteiger partial charge in [0.25, 0.3) is 5.91 Å². The number of carbonyl (C=O) groups excluding carboxylic acids is 2. The van der Waals surface area contributed by atoms with Gasteiger partial charge in [0.05, 0.1) is 7.11 Å². The zero-order valence-corrected chi connectivity index (χ0v) is 16.2. The maximum Gasteiger partial charge on any atom is 0.252 e. The van der Waals surface area contributed by atoms with E-state index in [-0.39, 0.29) is 24.2 Å². The summed E-state index contributed by atoms with van der Waals surface area (Å²) in [5.41, 5.74) is 8.66. The summed E-state index contributed by atoms with van der Waals surface area (Å²) >= 11 is 0. The van der Waals surface area contributed by atoms with Crippen LogP contribution in [0.15, 0.2) is 42.5 Å². The van der Waals surface area contributed by atoms with E-state index in [0.717, 1.165) is 16.9 Å². The highest BCUT2D eigenvalue weighted by Gasteiger charge is 2.33. The van der Waals surface area contributed by atoms with Gasteiger partial charge in [0, 0.05) is 24.3 Å². The molecule has 3 rings (SSSR count). The fraction of sp³-hybridized carbons (Fsp3) is 0.300. The maximum atomic E-state index is 12.6. The van der Waals surface area contributed by atoms with Gasteiger partial charge >= 0.3 is 0 Å². The van der Waals surface area contributed by atoms with Crippen molar-refractivity contribution in [3.8, 4) is 5.75 Å². The van der Waals surface area contributed by atoms with Gasteiger partial charge in [0.15, 0.2) is 0 Å². The van der Waals surface area contributed by atoms with Crippen LogP contribution in [-0.2, 0) is 11.3 Å². The molecule has 0 aliphatic carbocycles. The quantitative estimate of drug-likeness (QED) is 0.769. The van der Waals surface area contributed by atoms with Crippen LogP contribution in [0.3, 0.4) is 0 Å². The maximum absolute atomic E-state index is 12.6. The minimum absolute atomic E-state index is 0. The van der Waals surface area contributed by atoms with Crippen LogP contribution in [0.4, 0.5) is 5.69 Å². The number of likely N-dealkylation sites (tertiary alicyclic amines) is 1. The average Bonchev–Trinajstić information content (AvgIpc) is 2.97. The fourth-order valence-electron chi connectivity index (χ4n) is 3.10. The molecule has 0 radical (unpaired) electrons. The van der Waals surface area contributed by atoms with Crippen molar-refractivity contribution in [3.05, 3.63) is 59.2 Å². The van der Waals surface area contributed by atoms with E-state index in [9.17, 15) is 9.59 Å². The van der Waals surface area contributed by atoms with E-state index >= 15 is 0 Å². The fourth-order valence-corrected chi connectivity index (χ4v) is 3.10. The number of ether oxygens (including phenoxy) is 1. The Morgan fingerprint density at radius 1 is 1.26 bits per heavy atom. The molecule has 2 amide bonds. The first-order valence-electron chi connectivity index (χ1n) is 8.56. The van der Waals surface area contributed by atoms with Gasteiger partial charge in [-0.3, -0.25) is 9.59 Å². The van der Waals surface area contributed by atoms with Gasteiger partial charge in [-0.2, -0.15) is 0 Å². The summed E-state index contributed by atoms with van der Waals surface area (Å²) in [6.45, 7) is 2.99. The zero-order valence-electron chi connectivity index (χ0n) is 15.4. The van der Waals surface area contributed by atoms with Gasteiger partial charge in [-0.1, -0.05) is 18.2 Å². The molecule has 0 saturated carbocycles. The number of hydrogen-bond acceptors (Lipinski definition) is 4. The number of methoxy groups -OCH3 is 1. The molecule has 1 fully saturated rings. The van der Waals surface area contributed by atoms with Crippen molar-refractivity contribution in [2.45, 2.75) is 25.9 Å². The van der Waals surface area contributed by atoms with Gasteiger partial charge in [-0.05, 0) is 48.7 Å². The Labute approximate surface area is 165 Å². The highest BCUT2D eigenvalue weighted by atomic mass is 35.5. The molecule has 1 saturated heterocycles. The van der Waals surface area contributed by atoms with Crippen LogP contribution in [-0.4, -0.2) is 36.4 Å². The Morgan fingerprint density at radius 3 is 2.63 bits per heavy atom. The van der Waals surface area contributed by atoms with Gasteiger partial charge in [0.2, 0.25) is 5.91 Å². The normalized spacial score (nSPS) is 16.0. The SMILES string of the molecule is COc1ccc(CN2CCC(NC(=O)c3cc(N)ccc3C)C2=O)cc1.Cl. The van der Waals surface area contributed by atoms with Crippen molar-refractivity contribution >= 4 is 29.9 Å². The Morgan fingerprint density at radius 2 is 1.96 bits per heavy atom. The first-order chi connectivity index (χ1) is 12.5. The number of nitrogens with two attached hydrogens (primary N) is 1. The molecular weight excluding hydrogens is 366 g/mol. The van der Waals surface area contributed by atoms with Gasteiger partial charge in [0.1, 0.15) is 11.8 Å². The molecule has 7 heteroatoms. The Kier molecular flexibility index (Phi) is 6.69. The molecular formula is C20H24ClN3O3. The summed E-state index contributed by atoms with van der Waals surface area (Å²) < 4.78 is 5.14. The van der Waals surface area contributed by atoms with Crippen molar-refractivity contribution in [3.63, 3.8) is 0 Å². The third kappa shape index (κ3) is 4.71. The topological polar surface area (TPSA) is 84.7 Å². The lowest BCUT2D eigenvalue weighted by Crippen LogP contribution is -2.41. The predicted octanol–water partition coefficient (Wildman–Crippen LogP) is 2.54. The number of halogens is 1. The molecule has 2 aromatic carbocycles. The smallest absolute Gasteiger partial charge is 0.252 e. The number of hydrogen-bond donors (Lipinski definition) is 2. The highest BCUT2D eigenvalue weighted by Crippen LogP contribution is 2.19. The summed E-state index contributed by atoms with van der Waals surface area (Å²) in [6, 6.07) is 12.3. The predicted molar refractivity (Wildman–Crippen MR) is 107 cm³/mol. The van der Waals surface area contributed by atoms with E-state index in [4.69, 9.17) is 10.5 Å². The molecule has 0 bridgehead atoms. The Balaban J connectivity index is 0.00000261.